The molecular formula is C16H18ClN3. The largest absolute Gasteiger partial charge is 0.327 e. The summed E-state index contributed by atoms with van der Waals surface area (Å²) in [6, 6.07) is 8.07. The SMILES string of the molecule is CCC1(Cn2c(CCCl)nc3c(C#N)cccc32)CC1. The van der Waals surface area contributed by atoms with Gasteiger partial charge in [0.25, 0.3) is 0 Å². The number of halogens is 1. The van der Waals surface area contributed by atoms with Crippen molar-refractivity contribution in [1.82, 2.24) is 9.55 Å². The van der Waals surface area contributed by atoms with E-state index in [4.69, 9.17) is 11.6 Å². The molecule has 1 heterocycles. The minimum absolute atomic E-state index is 0.442. The lowest BCUT2D eigenvalue weighted by Gasteiger charge is -2.16. The number of para-hydroxylation sites is 1. The zero-order valence-electron chi connectivity index (χ0n) is 11.7. The van der Waals surface area contributed by atoms with Crippen molar-refractivity contribution in [3.05, 3.63) is 29.6 Å². The Bertz CT molecular complexity index is 677. The van der Waals surface area contributed by atoms with Crippen molar-refractivity contribution >= 4 is 22.6 Å². The maximum Gasteiger partial charge on any atom is 0.111 e. The quantitative estimate of drug-likeness (QED) is 0.783. The summed E-state index contributed by atoms with van der Waals surface area (Å²) in [5.41, 5.74) is 2.99. The van der Waals surface area contributed by atoms with E-state index in [-0.39, 0.29) is 0 Å². The highest BCUT2D eigenvalue weighted by Crippen LogP contribution is 2.50. The molecule has 1 aromatic heterocycles. The van der Waals surface area contributed by atoms with Crippen molar-refractivity contribution in [2.45, 2.75) is 39.2 Å². The van der Waals surface area contributed by atoms with Gasteiger partial charge in [0.05, 0.1) is 11.1 Å². The summed E-state index contributed by atoms with van der Waals surface area (Å²) in [6.07, 6.45) is 4.54. The van der Waals surface area contributed by atoms with Gasteiger partial charge in [0.1, 0.15) is 17.4 Å². The van der Waals surface area contributed by atoms with Crippen LogP contribution in [-0.4, -0.2) is 15.4 Å². The Morgan fingerprint density at radius 1 is 1.45 bits per heavy atom. The van der Waals surface area contributed by atoms with Crippen LogP contribution in [0.25, 0.3) is 11.0 Å². The van der Waals surface area contributed by atoms with E-state index < -0.39 is 0 Å². The van der Waals surface area contributed by atoms with Crippen molar-refractivity contribution in [3.63, 3.8) is 0 Å². The van der Waals surface area contributed by atoms with E-state index in [1.165, 1.54) is 19.3 Å². The van der Waals surface area contributed by atoms with E-state index in [0.29, 0.717) is 16.9 Å². The fraction of sp³-hybridized carbons (Fsp3) is 0.500. The number of nitrogens with zero attached hydrogens (tertiary/aromatic N) is 3. The molecule has 1 aromatic carbocycles. The lowest BCUT2D eigenvalue weighted by molar-refractivity contribution is 0.408. The second-order valence-electron chi connectivity index (χ2n) is 5.69. The highest BCUT2D eigenvalue weighted by Gasteiger charge is 2.41. The number of aryl methyl sites for hydroxylation is 1. The molecule has 1 fully saturated rings. The van der Waals surface area contributed by atoms with Crippen molar-refractivity contribution in [1.29, 1.82) is 5.26 Å². The van der Waals surface area contributed by atoms with Crippen LogP contribution >= 0.6 is 11.6 Å². The second-order valence-corrected chi connectivity index (χ2v) is 6.07. The molecule has 0 bridgehead atoms. The standard InChI is InChI=1S/C16H18ClN3/c1-2-16(7-8-16)11-20-13-5-3-4-12(10-18)15(13)19-14(20)6-9-17/h3-5H,2,6-9,11H2,1H3. The number of hydrogen-bond donors (Lipinski definition) is 0. The molecule has 0 spiro atoms. The number of benzene rings is 1. The molecule has 0 N–H and O–H groups in total. The molecule has 0 aliphatic heterocycles. The lowest BCUT2D eigenvalue weighted by Crippen LogP contribution is -2.13. The van der Waals surface area contributed by atoms with Gasteiger partial charge < -0.3 is 4.57 Å². The van der Waals surface area contributed by atoms with Crippen LogP contribution in [0.4, 0.5) is 0 Å². The Morgan fingerprint density at radius 2 is 2.25 bits per heavy atom. The molecule has 1 aliphatic carbocycles. The summed E-state index contributed by atoms with van der Waals surface area (Å²) >= 11 is 5.91. The smallest absolute Gasteiger partial charge is 0.111 e. The molecule has 3 nitrogen and oxygen atoms in total. The van der Waals surface area contributed by atoms with E-state index in [0.717, 1.165) is 29.8 Å². The Kier molecular flexibility index (Phi) is 3.43. The molecule has 4 heteroatoms. The number of hydrogen-bond acceptors (Lipinski definition) is 2. The van der Waals surface area contributed by atoms with Gasteiger partial charge in [0, 0.05) is 18.8 Å². The van der Waals surface area contributed by atoms with Gasteiger partial charge in [-0.15, -0.1) is 11.6 Å². The predicted octanol–water partition coefficient (Wildman–Crippen LogP) is 3.88. The summed E-state index contributed by atoms with van der Waals surface area (Å²) in [7, 11) is 0. The third-order valence-electron chi connectivity index (χ3n) is 4.50. The first kappa shape index (κ1) is 13.5. The molecule has 0 saturated heterocycles. The van der Waals surface area contributed by atoms with Crippen LogP contribution in [0.3, 0.4) is 0 Å². The highest BCUT2D eigenvalue weighted by molar-refractivity contribution is 6.17. The van der Waals surface area contributed by atoms with Crippen molar-refractivity contribution in [2.24, 2.45) is 5.41 Å². The van der Waals surface area contributed by atoms with Crippen LogP contribution in [0.2, 0.25) is 0 Å². The van der Waals surface area contributed by atoms with Gasteiger partial charge >= 0.3 is 0 Å². The van der Waals surface area contributed by atoms with Gasteiger partial charge in [-0.25, -0.2) is 4.98 Å². The van der Waals surface area contributed by atoms with E-state index in [9.17, 15) is 5.26 Å². The number of alkyl halides is 1. The van der Waals surface area contributed by atoms with E-state index in [2.05, 4.69) is 28.6 Å². The number of rotatable bonds is 5. The van der Waals surface area contributed by atoms with Crippen LogP contribution in [-0.2, 0) is 13.0 Å². The van der Waals surface area contributed by atoms with E-state index >= 15 is 0 Å². The maximum atomic E-state index is 9.23. The van der Waals surface area contributed by atoms with Gasteiger partial charge in [0.2, 0.25) is 0 Å². The Hall–Kier alpha value is -1.53. The molecule has 2 aromatic rings. The Labute approximate surface area is 124 Å². The summed E-state index contributed by atoms with van der Waals surface area (Å²) in [5.74, 6) is 1.57. The van der Waals surface area contributed by atoms with Crippen LogP contribution in [0.5, 0.6) is 0 Å². The highest BCUT2D eigenvalue weighted by atomic mass is 35.5. The average Bonchev–Trinajstić information content (AvgIpc) is 3.17. The first-order chi connectivity index (χ1) is 9.73. The molecule has 0 amide bonds. The number of aromatic nitrogens is 2. The van der Waals surface area contributed by atoms with Crippen molar-refractivity contribution in [2.75, 3.05) is 5.88 Å². The monoisotopic (exact) mass is 287 g/mol. The molecule has 0 radical (unpaired) electrons. The van der Waals surface area contributed by atoms with Crippen LogP contribution in [0.15, 0.2) is 18.2 Å². The average molecular weight is 288 g/mol. The van der Waals surface area contributed by atoms with E-state index in [1.54, 1.807) is 0 Å². The van der Waals surface area contributed by atoms with E-state index in [1.807, 2.05) is 12.1 Å². The molecule has 20 heavy (non-hydrogen) atoms. The van der Waals surface area contributed by atoms with Gasteiger partial charge in [-0.05, 0) is 36.8 Å². The van der Waals surface area contributed by atoms with Gasteiger partial charge in [-0.2, -0.15) is 5.26 Å². The fourth-order valence-corrected chi connectivity index (χ4v) is 3.04. The minimum atomic E-state index is 0.442. The number of imidazole rings is 1. The molecule has 1 aliphatic rings. The predicted molar refractivity (Wildman–Crippen MR) is 80.8 cm³/mol. The van der Waals surface area contributed by atoms with Crippen LogP contribution in [0, 0.1) is 16.7 Å². The maximum absolute atomic E-state index is 9.23. The van der Waals surface area contributed by atoms with Crippen LogP contribution in [0.1, 0.15) is 37.6 Å². The molecule has 1 saturated carbocycles. The summed E-state index contributed by atoms with van der Waals surface area (Å²) < 4.78 is 2.29. The lowest BCUT2D eigenvalue weighted by atomic mass is 10.0. The Balaban J connectivity index is 2.12. The van der Waals surface area contributed by atoms with Gasteiger partial charge in [-0.3, -0.25) is 0 Å². The summed E-state index contributed by atoms with van der Waals surface area (Å²) in [4.78, 5) is 4.68. The zero-order valence-corrected chi connectivity index (χ0v) is 12.5. The third kappa shape index (κ3) is 2.19. The zero-order chi connectivity index (χ0) is 14.2. The van der Waals surface area contributed by atoms with Gasteiger partial charge in [0.15, 0.2) is 0 Å². The van der Waals surface area contributed by atoms with Crippen LogP contribution < -0.4 is 0 Å². The van der Waals surface area contributed by atoms with Crippen molar-refractivity contribution < 1.29 is 0 Å². The molecular weight excluding hydrogens is 270 g/mol. The number of fused-ring (bicyclic) bond motifs is 1. The first-order valence-corrected chi connectivity index (χ1v) is 7.70. The first-order valence-electron chi connectivity index (χ1n) is 7.17. The minimum Gasteiger partial charge on any atom is -0.327 e. The molecule has 3 rings (SSSR count). The molecule has 0 atom stereocenters. The normalized spacial score (nSPS) is 16.2. The Morgan fingerprint density at radius 3 is 2.85 bits per heavy atom. The number of nitriles is 1. The summed E-state index contributed by atoms with van der Waals surface area (Å²) in [5, 5.41) is 9.23. The fourth-order valence-electron chi connectivity index (χ4n) is 2.87. The summed E-state index contributed by atoms with van der Waals surface area (Å²) in [6.45, 7) is 3.26. The van der Waals surface area contributed by atoms with Crippen molar-refractivity contribution in [3.8, 4) is 6.07 Å². The third-order valence-corrected chi connectivity index (χ3v) is 4.69. The van der Waals surface area contributed by atoms with Gasteiger partial charge in [-0.1, -0.05) is 13.0 Å². The molecule has 0 unspecified atom stereocenters. The topological polar surface area (TPSA) is 41.6 Å². The second kappa shape index (κ2) is 5.10. The molecule has 104 valence electrons.